The van der Waals surface area contributed by atoms with Gasteiger partial charge in [0.15, 0.2) is 0 Å². The minimum atomic E-state index is -0.992. The van der Waals surface area contributed by atoms with E-state index in [9.17, 15) is 9.59 Å². The first kappa shape index (κ1) is 29.1. The lowest BCUT2D eigenvalue weighted by atomic mass is 10.1. The highest BCUT2D eigenvalue weighted by Gasteiger charge is 2.11. The summed E-state index contributed by atoms with van der Waals surface area (Å²) < 4.78 is 16.0. The molecule has 0 aromatic carbocycles. The number of hydrogen-bond acceptors (Lipinski definition) is 5. The molecule has 0 aliphatic heterocycles. The van der Waals surface area contributed by atoms with Crippen LogP contribution in [0.3, 0.4) is 0 Å². The van der Waals surface area contributed by atoms with Crippen molar-refractivity contribution >= 4 is 20.0 Å². The fraction of sp³-hybridized carbons (Fsp3) is 0.917. The molecular weight excluding hydrogens is 396 g/mol. The Hall–Kier alpha value is -0.883. The van der Waals surface area contributed by atoms with E-state index in [-0.39, 0.29) is 11.9 Å². The molecule has 0 heterocycles. The number of esters is 2. The summed E-state index contributed by atoms with van der Waals surface area (Å²) in [4.78, 5) is 23.3. The monoisotopic (exact) mass is 444 g/mol. The van der Waals surface area contributed by atoms with Crippen LogP contribution in [-0.2, 0) is 23.8 Å². The summed E-state index contributed by atoms with van der Waals surface area (Å²) in [7, 11) is -0.992. The van der Waals surface area contributed by atoms with Crippen LogP contribution in [0.2, 0.25) is 25.7 Å². The summed E-state index contributed by atoms with van der Waals surface area (Å²) >= 11 is 0. The van der Waals surface area contributed by atoms with Crippen LogP contribution in [0.5, 0.6) is 0 Å². The van der Waals surface area contributed by atoms with Crippen LogP contribution in [0.4, 0.5) is 0 Å². The number of rotatable bonds is 21. The molecule has 0 aliphatic carbocycles. The van der Waals surface area contributed by atoms with Gasteiger partial charge in [-0.1, -0.05) is 71.1 Å². The third kappa shape index (κ3) is 23.4. The van der Waals surface area contributed by atoms with Gasteiger partial charge in [0.25, 0.3) is 0 Å². The zero-order valence-electron chi connectivity index (χ0n) is 20.3. The highest BCUT2D eigenvalue weighted by molar-refractivity contribution is 6.76. The van der Waals surface area contributed by atoms with Gasteiger partial charge in [0.1, 0.15) is 0 Å². The number of carbonyl (C=O) groups is 2. The van der Waals surface area contributed by atoms with Gasteiger partial charge in [-0.25, -0.2) is 0 Å². The molecule has 6 heteroatoms. The quantitative estimate of drug-likeness (QED) is 0.115. The number of hydrogen-bond donors (Lipinski definition) is 0. The third-order valence-electron chi connectivity index (χ3n) is 4.97. The first-order chi connectivity index (χ1) is 14.3. The molecule has 30 heavy (non-hydrogen) atoms. The van der Waals surface area contributed by atoms with Crippen LogP contribution >= 0.6 is 0 Å². The molecule has 0 N–H and O–H groups in total. The average molecular weight is 445 g/mol. The molecule has 0 aliphatic rings. The molecular formula is C24H48O5Si. The lowest BCUT2D eigenvalue weighted by molar-refractivity contribution is -0.146. The van der Waals surface area contributed by atoms with E-state index in [4.69, 9.17) is 14.2 Å². The van der Waals surface area contributed by atoms with E-state index in [1.165, 1.54) is 38.1 Å². The topological polar surface area (TPSA) is 61.8 Å². The summed E-state index contributed by atoms with van der Waals surface area (Å²) in [5.74, 6) is -0.307. The van der Waals surface area contributed by atoms with Gasteiger partial charge in [-0.15, -0.1) is 0 Å². The van der Waals surface area contributed by atoms with E-state index < -0.39 is 8.07 Å². The van der Waals surface area contributed by atoms with Gasteiger partial charge < -0.3 is 14.2 Å². The van der Waals surface area contributed by atoms with E-state index in [1.807, 2.05) is 0 Å². The zero-order valence-corrected chi connectivity index (χ0v) is 21.3. The Kier molecular flexibility index (Phi) is 19.5. The Morgan fingerprint density at radius 2 is 1.13 bits per heavy atom. The Balaban J connectivity index is 3.33. The minimum Gasteiger partial charge on any atom is -0.466 e. The van der Waals surface area contributed by atoms with E-state index in [1.54, 1.807) is 0 Å². The maximum atomic E-state index is 11.7. The molecule has 0 fully saturated rings. The largest absolute Gasteiger partial charge is 0.466 e. The van der Waals surface area contributed by atoms with E-state index in [0.29, 0.717) is 32.7 Å². The normalized spacial score (nSPS) is 11.5. The highest BCUT2D eigenvalue weighted by Crippen LogP contribution is 2.11. The average Bonchev–Trinajstić information content (AvgIpc) is 2.68. The number of ether oxygens (including phenoxy) is 3. The predicted octanol–water partition coefficient (Wildman–Crippen LogP) is 6.52. The molecule has 0 spiro atoms. The standard InChI is InChI=1S/C24H48O5Si/c1-5-6-7-8-9-10-13-19-28-23(25)16-12-11-14-20-29-24(26)17-21-27-18-15-22-30(2,3)4/h5-22H2,1-4H3. The van der Waals surface area contributed by atoms with Crippen molar-refractivity contribution in [2.75, 3.05) is 26.4 Å². The Morgan fingerprint density at radius 3 is 1.73 bits per heavy atom. The first-order valence-electron chi connectivity index (χ1n) is 12.2. The van der Waals surface area contributed by atoms with Gasteiger partial charge in [0, 0.05) is 21.1 Å². The number of carbonyl (C=O) groups excluding carboxylic acids is 2. The lowest BCUT2D eigenvalue weighted by Gasteiger charge is -2.15. The second-order valence-corrected chi connectivity index (χ2v) is 15.0. The molecule has 0 rings (SSSR count). The van der Waals surface area contributed by atoms with Crippen LogP contribution in [0.1, 0.15) is 90.4 Å². The lowest BCUT2D eigenvalue weighted by Crippen LogP contribution is -2.19. The molecule has 0 unspecified atom stereocenters. The van der Waals surface area contributed by atoms with Crippen LogP contribution in [0.25, 0.3) is 0 Å². The SMILES string of the molecule is CCCCCCCCCOC(=O)CCCCCOC(=O)CCOCCC[Si](C)(C)C. The molecule has 5 nitrogen and oxygen atoms in total. The fourth-order valence-corrected chi connectivity index (χ4v) is 4.29. The second kappa shape index (κ2) is 20.0. The second-order valence-electron chi connectivity index (χ2n) is 9.40. The molecule has 0 aromatic rings. The summed E-state index contributed by atoms with van der Waals surface area (Å²) in [5, 5.41) is 0. The summed E-state index contributed by atoms with van der Waals surface area (Å²) in [5.41, 5.74) is 0. The maximum absolute atomic E-state index is 11.7. The highest BCUT2D eigenvalue weighted by atomic mass is 28.3. The van der Waals surface area contributed by atoms with Crippen molar-refractivity contribution in [1.29, 1.82) is 0 Å². The van der Waals surface area contributed by atoms with Crippen molar-refractivity contribution in [3.63, 3.8) is 0 Å². The molecule has 0 aromatic heterocycles. The van der Waals surface area contributed by atoms with Crippen LogP contribution in [0.15, 0.2) is 0 Å². The molecule has 0 atom stereocenters. The Morgan fingerprint density at radius 1 is 0.600 bits per heavy atom. The van der Waals surface area contributed by atoms with Gasteiger partial charge in [-0.3, -0.25) is 9.59 Å². The molecule has 0 saturated carbocycles. The van der Waals surface area contributed by atoms with Crippen molar-refractivity contribution in [2.45, 2.75) is 116 Å². The van der Waals surface area contributed by atoms with Gasteiger partial charge in [-0.2, -0.15) is 0 Å². The van der Waals surface area contributed by atoms with Crippen LogP contribution in [-0.4, -0.2) is 46.4 Å². The van der Waals surface area contributed by atoms with Crippen molar-refractivity contribution in [3.05, 3.63) is 0 Å². The molecule has 0 bridgehead atoms. The molecule has 0 saturated heterocycles. The van der Waals surface area contributed by atoms with E-state index in [0.717, 1.165) is 45.1 Å². The Bertz CT molecular complexity index is 420. The minimum absolute atomic E-state index is 0.107. The van der Waals surface area contributed by atoms with Gasteiger partial charge in [-0.05, 0) is 32.1 Å². The summed E-state index contributed by atoms with van der Waals surface area (Å²) in [6.07, 6.45) is 12.8. The van der Waals surface area contributed by atoms with Crippen LogP contribution < -0.4 is 0 Å². The predicted molar refractivity (Wildman–Crippen MR) is 127 cm³/mol. The number of unbranched alkanes of at least 4 members (excludes halogenated alkanes) is 8. The van der Waals surface area contributed by atoms with Crippen molar-refractivity contribution in [2.24, 2.45) is 0 Å². The smallest absolute Gasteiger partial charge is 0.308 e. The molecule has 178 valence electrons. The van der Waals surface area contributed by atoms with Crippen molar-refractivity contribution in [3.8, 4) is 0 Å². The van der Waals surface area contributed by atoms with E-state index in [2.05, 4.69) is 26.6 Å². The third-order valence-corrected chi connectivity index (χ3v) is 6.82. The van der Waals surface area contributed by atoms with Gasteiger partial charge in [0.2, 0.25) is 0 Å². The van der Waals surface area contributed by atoms with Crippen LogP contribution in [0, 0.1) is 0 Å². The maximum Gasteiger partial charge on any atom is 0.308 e. The fourth-order valence-electron chi connectivity index (χ4n) is 3.09. The van der Waals surface area contributed by atoms with E-state index >= 15 is 0 Å². The Labute approximate surface area is 186 Å². The van der Waals surface area contributed by atoms with Crippen molar-refractivity contribution in [1.82, 2.24) is 0 Å². The van der Waals surface area contributed by atoms with Gasteiger partial charge >= 0.3 is 11.9 Å². The van der Waals surface area contributed by atoms with Crippen molar-refractivity contribution < 1.29 is 23.8 Å². The first-order valence-corrected chi connectivity index (χ1v) is 15.9. The molecule has 0 radical (unpaired) electrons. The van der Waals surface area contributed by atoms with Gasteiger partial charge in [0.05, 0.1) is 26.2 Å². The summed E-state index contributed by atoms with van der Waals surface area (Å²) in [6.45, 7) is 11.4. The molecule has 0 amide bonds. The zero-order chi connectivity index (χ0) is 22.5. The summed E-state index contributed by atoms with van der Waals surface area (Å²) in [6, 6.07) is 1.25.